The summed E-state index contributed by atoms with van der Waals surface area (Å²) in [5, 5.41) is 3.31. The van der Waals surface area contributed by atoms with E-state index in [-0.39, 0.29) is 18.6 Å². The van der Waals surface area contributed by atoms with E-state index in [0.717, 1.165) is 43.9 Å². The van der Waals surface area contributed by atoms with Crippen LogP contribution in [0.4, 0.5) is 16.6 Å². The Morgan fingerprint density at radius 3 is 2.66 bits per heavy atom. The average Bonchev–Trinajstić information content (AvgIpc) is 2.82. The summed E-state index contributed by atoms with van der Waals surface area (Å²) in [4.78, 5) is 37.9. The Hall–Kier alpha value is -3.46. The van der Waals surface area contributed by atoms with E-state index >= 15 is 0 Å². The first kappa shape index (κ1) is 21.8. The number of nitrogens with zero attached hydrogens (tertiary/aromatic N) is 5. The first-order valence-corrected chi connectivity index (χ1v) is 10.7. The second-order valence-corrected chi connectivity index (χ2v) is 8.07. The van der Waals surface area contributed by atoms with E-state index in [0.29, 0.717) is 11.8 Å². The Kier molecular flexibility index (Phi) is 6.36. The highest BCUT2D eigenvalue weighted by atomic mass is 16.6. The first-order valence-electron chi connectivity index (χ1n) is 10.7. The number of carbonyl (C=O) groups is 2. The number of ether oxygens (including phenoxy) is 1. The summed E-state index contributed by atoms with van der Waals surface area (Å²) in [5.74, 6) is 1.04. The molecule has 1 atom stereocenters. The lowest BCUT2D eigenvalue weighted by atomic mass is 10.1. The van der Waals surface area contributed by atoms with E-state index in [2.05, 4.69) is 51.0 Å². The molecule has 1 aromatic carbocycles. The minimum absolute atomic E-state index is 0.00333. The number of anilines is 2. The van der Waals surface area contributed by atoms with Crippen molar-refractivity contribution >= 4 is 23.8 Å². The summed E-state index contributed by atoms with van der Waals surface area (Å²) < 4.78 is 5.06. The number of aromatic nitrogens is 2. The van der Waals surface area contributed by atoms with Gasteiger partial charge in [0.15, 0.2) is 0 Å². The number of piperazine rings is 1. The van der Waals surface area contributed by atoms with Crippen LogP contribution in [0.25, 0.3) is 0 Å². The second-order valence-electron chi connectivity index (χ2n) is 8.07. The van der Waals surface area contributed by atoms with Gasteiger partial charge < -0.3 is 15.0 Å². The molecule has 9 heteroatoms. The van der Waals surface area contributed by atoms with Crippen LogP contribution in [0.1, 0.15) is 29.7 Å². The lowest BCUT2D eigenvalue weighted by Gasteiger charge is -2.34. The molecule has 2 amide bonds. The van der Waals surface area contributed by atoms with Crippen molar-refractivity contribution in [2.24, 2.45) is 0 Å². The number of rotatable bonds is 6. The van der Waals surface area contributed by atoms with Gasteiger partial charge in [-0.15, -0.1) is 0 Å². The molecule has 2 aromatic rings. The molecule has 1 aromatic heterocycles. The Balaban J connectivity index is 1.34. The molecule has 0 radical (unpaired) electrons. The number of benzene rings is 1. The molecular formula is C23H28N6O3. The van der Waals surface area contributed by atoms with Crippen LogP contribution in [-0.2, 0) is 22.7 Å². The van der Waals surface area contributed by atoms with Gasteiger partial charge in [0.25, 0.3) is 0 Å². The summed E-state index contributed by atoms with van der Waals surface area (Å²) in [5.41, 5.74) is 3.13. The molecule has 1 N–H and O–H groups in total. The second kappa shape index (κ2) is 9.35. The van der Waals surface area contributed by atoms with Crippen molar-refractivity contribution in [3.05, 3.63) is 59.8 Å². The fourth-order valence-electron chi connectivity index (χ4n) is 3.88. The molecule has 0 spiro atoms. The van der Waals surface area contributed by atoms with Gasteiger partial charge in [-0.25, -0.2) is 9.78 Å². The van der Waals surface area contributed by atoms with Gasteiger partial charge in [-0.3, -0.25) is 14.6 Å². The van der Waals surface area contributed by atoms with Crippen molar-refractivity contribution < 1.29 is 14.3 Å². The fourth-order valence-corrected chi connectivity index (χ4v) is 3.88. The number of amides is 2. The molecule has 168 valence electrons. The van der Waals surface area contributed by atoms with Crippen LogP contribution in [0.15, 0.2) is 43.1 Å². The van der Waals surface area contributed by atoms with Crippen molar-refractivity contribution in [3.8, 4) is 0 Å². The summed E-state index contributed by atoms with van der Waals surface area (Å²) in [6.07, 6.45) is 2.65. The lowest BCUT2D eigenvalue weighted by molar-refractivity contribution is -0.127. The zero-order valence-electron chi connectivity index (χ0n) is 18.5. The quantitative estimate of drug-likeness (QED) is 0.696. The molecule has 3 heterocycles. The SMILES string of the molecule is C=CC(=O)N1CCN(Cc2ccc(C(C)Nc3ncc4c(n3)N(C)C(=O)OC4)cc2)CC1. The molecule has 0 saturated carbocycles. The Bertz CT molecular complexity index is 1000. The van der Waals surface area contributed by atoms with Gasteiger partial charge in [-0.2, -0.15) is 4.98 Å². The predicted molar refractivity (Wildman–Crippen MR) is 121 cm³/mol. The molecule has 4 rings (SSSR count). The third kappa shape index (κ3) is 4.72. The molecule has 9 nitrogen and oxygen atoms in total. The van der Waals surface area contributed by atoms with Crippen molar-refractivity contribution in [1.29, 1.82) is 0 Å². The summed E-state index contributed by atoms with van der Waals surface area (Å²) in [7, 11) is 1.64. The lowest BCUT2D eigenvalue weighted by Crippen LogP contribution is -2.47. The smallest absolute Gasteiger partial charge is 0.415 e. The summed E-state index contributed by atoms with van der Waals surface area (Å²) in [6.45, 7) is 9.83. The molecule has 2 aliphatic rings. The van der Waals surface area contributed by atoms with Crippen molar-refractivity contribution in [2.45, 2.75) is 26.1 Å². The third-order valence-electron chi connectivity index (χ3n) is 5.87. The van der Waals surface area contributed by atoms with Gasteiger partial charge in [0.2, 0.25) is 11.9 Å². The Morgan fingerprint density at radius 2 is 1.97 bits per heavy atom. The van der Waals surface area contributed by atoms with Crippen LogP contribution in [0, 0.1) is 0 Å². The van der Waals surface area contributed by atoms with Gasteiger partial charge >= 0.3 is 6.09 Å². The van der Waals surface area contributed by atoms with E-state index < -0.39 is 6.09 Å². The van der Waals surface area contributed by atoms with E-state index in [4.69, 9.17) is 4.74 Å². The van der Waals surface area contributed by atoms with Crippen LogP contribution in [0.5, 0.6) is 0 Å². The van der Waals surface area contributed by atoms with E-state index in [9.17, 15) is 9.59 Å². The fraction of sp³-hybridized carbons (Fsp3) is 0.391. The highest BCUT2D eigenvalue weighted by molar-refractivity contribution is 5.88. The maximum atomic E-state index is 11.7. The highest BCUT2D eigenvalue weighted by Gasteiger charge is 2.25. The van der Waals surface area contributed by atoms with E-state index in [1.54, 1.807) is 13.2 Å². The van der Waals surface area contributed by atoms with Gasteiger partial charge in [-0.05, 0) is 24.1 Å². The molecule has 1 saturated heterocycles. The normalized spacial score (nSPS) is 17.4. The van der Waals surface area contributed by atoms with Crippen molar-refractivity contribution in [1.82, 2.24) is 19.8 Å². The summed E-state index contributed by atoms with van der Waals surface area (Å²) in [6, 6.07) is 8.47. The van der Waals surface area contributed by atoms with Crippen LogP contribution < -0.4 is 10.2 Å². The number of nitrogens with one attached hydrogen (secondary N) is 1. The monoisotopic (exact) mass is 436 g/mol. The van der Waals surface area contributed by atoms with Crippen LogP contribution in [0.3, 0.4) is 0 Å². The zero-order chi connectivity index (χ0) is 22.7. The number of carbonyl (C=O) groups excluding carboxylic acids is 2. The minimum atomic E-state index is -0.417. The predicted octanol–water partition coefficient (Wildman–Crippen LogP) is 2.57. The largest absolute Gasteiger partial charge is 0.444 e. The topological polar surface area (TPSA) is 90.9 Å². The van der Waals surface area contributed by atoms with Crippen molar-refractivity contribution in [2.75, 3.05) is 43.4 Å². The van der Waals surface area contributed by atoms with Gasteiger partial charge in [0, 0.05) is 46.0 Å². The number of fused-ring (bicyclic) bond motifs is 1. The average molecular weight is 437 g/mol. The highest BCUT2D eigenvalue weighted by Crippen LogP contribution is 2.25. The maximum Gasteiger partial charge on any atom is 0.415 e. The van der Waals surface area contributed by atoms with Gasteiger partial charge in [-0.1, -0.05) is 30.8 Å². The molecular weight excluding hydrogens is 408 g/mol. The van der Waals surface area contributed by atoms with Gasteiger partial charge in [0.05, 0.1) is 11.6 Å². The molecule has 1 unspecified atom stereocenters. The van der Waals surface area contributed by atoms with Crippen LogP contribution in [0.2, 0.25) is 0 Å². The summed E-state index contributed by atoms with van der Waals surface area (Å²) >= 11 is 0. The number of hydrogen-bond acceptors (Lipinski definition) is 7. The molecule has 32 heavy (non-hydrogen) atoms. The van der Waals surface area contributed by atoms with Crippen LogP contribution in [-0.4, -0.2) is 65.0 Å². The molecule has 1 fully saturated rings. The Morgan fingerprint density at radius 1 is 1.25 bits per heavy atom. The van der Waals surface area contributed by atoms with E-state index in [1.807, 2.05) is 11.8 Å². The Labute approximate surface area is 187 Å². The minimum Gasteiger partial charge on any atom is -0.444 e. The first-order chi connectivity index (χ1) is 15.4. The molecule has 0 aliphatic carbocycles. The number of cyclic esters (lactones) is 1. The molecule has 0 bridgehead atoms. The standard InChI is InChI=1S/C23H28N6O3/c1-4-20(30)29-11-9-28(10-12-29)14-17-5-7-18(8-6-17)16(2)25-22-24-13-19-15-32-23(31)27(3)21(19)26-22/h4-8,13,16H,1,9-12,14-15H2,2-3H3,(H,24,25,26). The van der Waals surface area contributed by atoms with Crippen molar-refractivity contribution in [3.63, 3.8) is 0 Å². The van der Waals surface area contributed by atoms with E-state index in [1.165, 1.54) is 16.5 Å². The molecule has 2 aliphatic heterocycles. The van der Waals surface area contributed by atoms with Crippen LogP contribution >= 0.6 is 0 Å². The third-order valence-corrected chi connectivity index (χ3v) is 5.87. The van der Waals surface area contributed by atoms with Gasteiger partial charge in [0.1, 0.15) is 12.4 Å². The maximum absolute atomic E-state index is 11.7. The zero-order valence-corrected chi connectivity index (χ0v) is 18.5. The number of hydrogen-bond donors (Lipinski definition) is 1.